The van der Waals surface area contributed by atoms with Crippen LogP contribution in [0.2, 0.25) is 0 Å². The molecule has 0 saturated heterocycles. The highest BCUT2D eigenvalue weighted by molar-refractivity contribution is 7.80. The Morgan fingerprint density at radius 3 is 2.55 bits per heavy atom. The third-order valence-corrected chi connectivity index (χ3v) is 3.09. The van der Waals surface area contributed by atoms with E-state index in [1.54, 1.807) is 19.1 Å². The summed E-state index contributed by atoms with van der Waals surface area (Å²) >= 11 is 5.07. The van der Waals surface area contributed by atoms with Crippen LogP contribution in [-0.2, 0) is 9.53 Å². The van der Waals surface area contributed by atoms with Crippen LogP contribution in [0, 0.1) is 5.82 Å². The number of nitrogens with zero attached hydrogens (tertiary/aromatic N) is 1. The second-order valence-electron chi connectivity index (χ2n) is 4.39. The minimum Gasteiger partial charge on any atom is -0.466 e. The number of hydrogen-bond acceptors (Lipinski definition) is 4. The van der Waals surface area contributed by atoms with Crippen molar-refractivity contribution in [2.75, 3.05) is 20.2 Å². The summed E-state index contributed by atoms with van der Waals surface area (Å²) in [6, 6.07) is 5.67. The lowest BCUT2D eigenvalue weighted by atomic mass is 10.1. The molecule has 0 spiro atoms. The SMILES string of the molecule is CCOC(=O)CCN(C)C(C(N)=S)c1ccc(F)cc1. The molecular formula is C14H19FN2O2S. The smallest absolute Gasteiger partial charge is 0.307 e. The largest absolute Gasteiger partial charge is 0.466 e. The van der Waals surface area contributed by atoms with Gasteiger partial charge in [0.05, 0.1) is 24.1 Å². The average molecular weight is 298 g/mol. The van der Waals surface area contributed by atoms with Crippen LogP contribution in [0.3, 0.4) is 0 Å². The first-order valence-corrected chi connectivity index (χ1v) is 6.77. The molecular weight excluding hydrogens is 279 g/mol. The number of rotatable bonds is 7. The Morgan fingerprint density at radius 2 is 2.05 bits per heavy atom. The monoisotopic (exact) mass is 298 g/mol. The minimum atomic E-state index is -0.333. The molecule has 0 aliphatic heterocycles. The van der Waals surface area contributed by atoms with Gasteiger partial charge in [-0.1, -0.05) is 24.4 Å². The summed E-state index contributed by atoms with van der Waals surface area (Å²) in [6.45, 7) is 2.58. The summed E-state index contributed by atoms with van der Waals surface area (Å²) in [6.07, 6.45) is 0.255. The van der Waals surface area contributed by atoms with Crippen molar-refractivity contribution in [3.05, 3.63) is 35.6 Å². The van der Waals surface area contributed by atoms with Gasteiger partial charge in [-0.15, -0.1) is 0 Å². The lowest BCUT2D eigenvalue weighted by Crippen LogP contribution is -2.35. The second-order valence-corrected chi connectivity index (χ2v) is 4.86. The molecule has 1 unspecified atom stereocenters. The number of esters is 1. The summed E-state index contributed by atoms with van der Waals surface area (Å²) in [4.78, 5) is 13.5. The number of benzene rings is 1. The van der Waals surface area contributed by atoms with Gasteiger partial charge >= 0.3 is 5.97 Å². The molecule has 1 aromatic rings. The van der Waals surface area contributed by atoms with Gasteiger partial charge in [-0.3, -0.25) is 9.69 Å². The first kappa shape index (κ1) is 16.5. The Balaban J connectivity index is 2.73. The van der Waals surface area contributed by atoms with E-state index in [2.05, 4.69) is 0 Å². The van der Waals surface area contributed by atoms with Crippen LogP contribution in [0.25, 0.3) is 0 Å². The molecule has 0 saturated carbocycles. The zero-order chi connectivity index (χ0) is 15.1. The van der Waals surface area contributed by atoms with Crippen LogP contribution in [0.5, 0.6) is 0 Å². The summed E-state index contributed by atoms with van der Waals surface area (Å²) in [7, 11) is 1.81. The van der Waals surface area contributed by atoms with Crippen molar-refractivity contribution in [2.45, 2.75) is 19.4 Å². The Kier molecular flexibility index (Phi) is 6.54. The predicted octanol–water partition coefficient (Wildman–Crippen LogP) is 2.04. The minimum absolute atomic E-state index is 0.255. The van der Waals surface area contributed by atoms with E-state index in [1.807, 2.05) is 11.9 Å². The lowest BCUT2D eigenvalue weighted by molar-refractivity contribution is -0.143. The van der Waals surface area contributed by atoms with Gasteiger partial charge in [-0.2, -0.15) is 0 Å². The van der Waals surface area contributed by atoms with Gasteiger partial charge in [-0.05, 0) is 31.7 Å². The van der Waals surface area contributed by atoms with Gasteiger partial charge in [0, 0.05) is 6.54 Å². The standard InChI is InChI=1S/C14H19FN2O2S/c1-3-19-12(18)8-9-17(2)13(14(16)20)10-4-6-11(15)7-5-10/h4-7,13H,3,8-9H2,1-2H3,(H2,16,20). The van der Waals surface area contributed by atoms with Gasteiger partial charge < -0.3 is 10.5 Å². The van der Waals surface area contributed by atoms with Crippen molar-refractivity contribution in [1.82, 2.24) is 4.90 Å². The quantitative estimate of drug-likeness (QED) is 0.616. The molecule has 0 radical (unpaired) electrons. The first-order valence-electron chi connectivity index (χ1n) is 6.36. The maximum atomic E-state index is 13.0. The zero-order valence-electron chi connectivity index (χ0n) is 11.6. The maximum Gasteiger partial charge on any atom is 0.307 e. The van der Waals surface area contributed by atoms with Gasteiger partial charge in [0.15, 0.2) is 0 Å². The summed E-state index contributed by atoms with van der Waals surface area (Å²) in [5.41, 5.74) is 6.55. The molecule has 110 valence electrons. The average Bonchev–Trinajstić information content (AvgIpc) is 2.39. The molecule has 0 fully saturated rings. The fourth-order valence-electron chi connectivity index (χ4n) is 1.91. The van der Waals surface area contributed by atoms with Gasteiger partial charge in [0.2, 0.25) is 0 Å². The highest BCUT2D eigenvalue weighted by atomic mass is 32.1. The van der Waals surface area contributed by atoms with Gasteiger partial charge in [0.1, 0.15) is 5.82 Å². The molecule has 0 aliphatic rings. The van der Waals surface area contributed by atoms with Crippen LogP contribution in [0.4, 0.5) is 4.39 Å². The summed E-state index contributed by atoms with van der Waals surface area (Å²) < 4.78 is 17.8. The highest BCUT2D eigenvalue weighted by Crippen LogP contribution is 2.20. The topological polar surface area (TPSA) is 55.6 Å². The van der Waals surface area contributed by atoms with Gasteiger partial charge in [0.25, 0.3) is 0 Å². The third-order valence-electron chi connectivity index (χ3n) is 2.87. The summed E-state index contributed by atoms with van der Waals surface area (Å²) in [5.74, 6) is -0.579. The molecule has 0 bridgehead atoms. The molecule has 20 heavy (non-hydrogen) atoms. The third kappa shape index (κ3) is 4.86. The van der Waals surface area contributed by atoms with E-state index in [9.17, 15) is 9.18 Å². The van der Waals surface area contributed by atoms with Crippen LogP contribution < -0.4 is 5.73 Å². The first-order chi connectivity index (χ1) is 9.45. The van der Waals surface area contributed by atoms with Crippen LogP contribution in [0.1, 0.15) is 24.9 Å². The molecule has 1 rings (SSSR count). The van der Waals surface area contributed by atoms with Crippen LogP contribution in [0.15, 0.2) is 24.3 Å². The Morgan fingerprint density at radius 1 is 1.45 bits per heavy atom. The number of hydrogen-bond donors (Lipinski definition) is 1. The molecule has 6 heteroatoms. The van der Waals surface area contributed by atoms with E-state index in [0.29, 0.717) is 13.2 Å². The fraction of sp³-hybridized carbons (Fsp3) is 0.429. The zero-order valence-corrected chi connectivity index (χ0v) is 12.5. The number of halogens is 1. The molecule has 0 heterocycles. The van der Waals surface area contributed by atoms with Crippen molar-refractivity contribution in [1.29, 1.82) is 0 Å². The van der Waals surface area contributed by atoms with Crippen molar-refractivity contribution in [3.63, 3.8) is 0 Å². The van der Waals surface area contributed by atoms with Crippen molar-refractivity contribution < 1.29 is 13.9 Å². The van der Waals surface area contributed by atoms with E-state index >= 15 is 0 Å². The van der Waals surface area contributed by atoms with Crippen molar-refractivity contribution >= 4 is 23.2 Å². The van der Waals surface area contributed by atoms with Gasteiger partial charge in [-0.25, -0.2) is 4.39 Å². The normalized spacial score (nSPS) is 12.2. The molecule has 1 atom stereocenters. The second kappa shape index (κ2) is 7.91. The molecule has 1 aromatic carbocycles. The maximum absolute atomic E-state index is 13.0. The van der Waals surface area contributed by atoms with Crippen molar-refractivity contribution in [2.24, 2.45) is 5.73 Å². The molecule has 0 aromatic heterocycles. The molecule has 2 N–H and O–H groups in total. The fourth-order valence-corrected chi connectivity index (χ4v) is 2.23. The molecule has 0 amide bonds. The van der Waals surface area contributed by atoms with E-state index in [0.717, 1.165) is 5.56 Å². The molecule has 0 aliphatic carbocycles. The van der Waals surface area contributed by atoms with E-state index in [4.69, 9.17) is 22.7 Å². The Bertz CT molecular complexity index is 465. The van der Waals surface area contributed by atoms with Crippen LogP contribution >= 0.6 is 12.2 Å². The Hall–Kier alpha value is -1.53. The molecule has 4 nitrogen and oxygen atoms in total. The van der Waals surface area contributed by atoms with Crippen LogP contribution in [-0.4, -0.2) is 36.1 Å². The lowest BCUT2D eigenvalue weighted by Gasteiger charge is -2.27. The number of ether oxygens (including phenoxy) is 1. The van der Waals surface area contributed by atoms with E-state index in [-0.39, 0.29) is 29.2 Å². The van der Waals surface area contributed by atoms with E-state index in [1.165, 1.54) is 12.1 Å². The van der Waals surface area contributed by atoms with Crippen molar-refractivity contribution in [3.8, 4) is 0 Å². The highest BCUT2D eigenvalue weighted by Gasteiger charge is 2.20. The number of likely N-dealkylation sites (N-methyl/N-ethyl adjacent to an activating group) is 1. The number of carbonyl (C=O) groups is 1. The Labute approximate surface area is 123 Å². The number of nitrogens with two attached hydrogens (primary N) is 1. The number of carbonyl (C=O) groups excluding carboxylic acids is 1. The summed E-state index contributed by atoms with van der Waals surface area (Å²) in [5, 5.41) is 0. The predicted molar refractivity (Wildman–Crippen MR) is 79.8 cm³/mol. The number of thiocarbonyl (C=S) groups is 1. The van der Waals surface area contributed by atoms with E-state index < -0.39 is 0 Å².